The van der Waals surface area contributed by atoms with Crippen molar-refractivity contribution in [2.24, 2.45) is 15.3 Å². The number of hydrazone groups is 1. The van der Waals surface area contributed by atoms with Gasteiger partial charge < -0.3 is 0 Å². The first-order valence-corrected chi connectivity index (χ1v) is 8.93. The molecule has 3 aromatic carbocycles. The fraction of sp³-hybridized carbons (Fsp3) is 0. The average Bonchev–Trinajstić information content (AvgIpc) is 2.90. The molecule has 0 bridgehead atoms. The van der Waals surface area contributed by atoms with Crippen LogP contribution in [0.1, 0.15) is 5.56 Å². The number of nitrogens with zero attached hydrogens (tertiary/aromatic N) is 3. The summed E-state index contributed by atoms with van der Waals surface area (Å²) in [5.41, 5.74) is -5.64. The van der Waals surface area contributed by atoms with E-state index in [1.54, 1.807) is 0 Å². The lowest BCUT2D eigenvalue weighted by molar-refractivity contribution is 0.376. The van der Waals surface area contributed by atoms with Crippen molar-refractivity contribution in [1.29, 1.82) is 0 Å². The molecule has 1 N–H and O–H groups in total. The van der Waals surface area contributed by atoms with Gasteiger partial charge in [0.1, 0.15) is 11.3 Å². The normalized spacial score (nSPS) is 12.1. The van der Waals surface area contributed by atoms with Gasteiger partial charge in [-0.1, -0.05) is 0 Å². The average molecular weight is 570 g/mol. The number of rotatable bonds is 4. The molecule has 0 saturated heterocycles. The van der Waals surface area contributed by atoms with Gasteiger partial charge in [-0.15, -0.1) is 10.2 Å². The van der Waals surface area contributed by atoms with Gasteiger partial charge in [0.15, 0.2) is 75.5 Å². The summed E-state index contributed by atoms with van der Waals surface area (Å²) >= 11 is 0. The zero-order valence-electron chi connectivity index (χ0n) is 17.0. The van der Waals surface area contributed by atoms with Gasteiger partial charge in [0.2, 0.25) is 23.3 Å². The minimum atomic E-state index is -2.81. The zero-order chi connectivity index (χ0) is 28.8. The molecule has 0 fully saturated rings. The maximum atomic E-state index is 14.2. The minimum absolute atomic E-state index is 0.964. The van der Waals surface area contributed by atoms with Crippen LogP contribution in [-0.2, 0) is 0 Å². The van der Waals surface area contributed by atoms with E-state index in [0.717, 1.165) is 5.43 Å². The Balaban J connectivity index is 2.31. The Morgan fingerprint density at radius 1 is 0.395 bits per heavy atom. The third-order valence-corrected chi connectivity index (χ3v) is 4.35. The molecule has 19 heteroatoms. The smallest absolute Gasteiger partial charge is 0.207 e. The van der Waals surface area contributed by atoms with Crippen molar-refractivity contribution in [3.63, 3.8) is 0 Å². The number of amidine groups is 1. The van der Waals surface area contributed by atoms with Gasteiger partial charge in [-0.2, -0.15) is 5.10 Å². The summed E-state index contributed by atoms with van der Waals surface area (Å²) in [6.45, 7) is 0. The van der Waals surface area contributed by atoms with Crippen molar-refractivity contribution in [2.45, 2.75) is 0 Å². The number of hydrogen-bond donors (Lipinski definition) is 1. The standard InChI is InChI=1S/C19HF15N4/c20-2-1(3(21)5(23)6(24)4(2)22)19(37-35-17-13(31)9(27)7(25)10(28)14(17)32)38-36-18-15(33)11(29)8(26)12(30)16(18)34/h35H. The van der Waals surface area contributed by atoms with Crippen molar-refractivity contribution < 1.29 is 65.9 Å². The third-order valence-electron chi connectivity index (χ3n) is 4.35. The van der Waals surface area contributed by atoms with Gasteiger partial charge in [-0.25, -0.2) is 65.9 Å². The molecule has 0 spiro atoms. The molecular formula is C19HF15N4. The highest BCUT2D eigenvalue weighted by Crippen LogP contribution is 2.31. The van der Waals surface area contributed by atoms with E-state index >= 15 is 0 Å². The van der Waals surface area contributed by atoms with E-state index in [4.69, 9.17) is 0 Å². The summed E-state index contributed by atoms with van der Waals surface area (Å²) < 4.78 is 204. The molecule has 202 valence electrons. The zero-order valence-corrected chi connectivity index (χ0v) is 17.0. The summed E-state index contributed by atoms with van der Waals surface area (Å²) in [6, 6.07) is 0. The van der Waals surface area contributed by atoms with Crippen LogP contribution in [0, 0.1) is 87.3 Å². The molecule has 38 heavy (non-hydrogen) atoms. The largest absolute Gasteiger partial charge is 0.270 e. The molecule has 0 heterocycles. The van der Waals surface area contributed by atoms with Crippen LogP contribution >= 0.6 is 0 Å². The van der Waals surface area contributed by atoms with Gasteiger partial charge in [-0.05, 0) is 0 Å². The predicted molar refractivity (Wildman–Crippen MR) is 93.4 cm³/mol. The van der Waals surface area contributed by atoms with E-state index in [-0.39, 0.29) is 0 Å². The van der Waals surface area contributed by atoms with Gasteiger partial charge >= 0.3 is 0 Å². The molecule has 0 unspecified atom stereocenters. The number of nitrogens with one attached hydrogen (secondary N) is 1. The molecule has 0 aromatic heterocycles. The van der Waals surface area contributed by atoms with Crippen molar-refractivity contribution in [1.82, 2.24) is 0 Å². The van der Waals surface area contributed by atoms with Crippen molar-refractivity contribution in [3.05, 3.63) is 92.8 Å². The van der Waals surface area contributed by atoms with Crippen LogP contribution in [-0.4, -0.2) is 5.84 Å². The molecule has 0 aliphatic rings. The number of benzene rings is 3. The quantitative estimate of drug-likeness (QED) is 0.0668. The molecule has 0 aliphatic carbocycles. The second kappa shape index (κ2) is 10.2. The SMILES string of the molecule is Fc1c(F)c(F)c(N=NC(=NNc2c(F)c(F)c(F)c(F)c2F)c2c(F)c(F)c(F)c(F)c2F)c(F)c1F. The Morgan fingerprint density at radius 3 is 1.11 bits per heavy atom. The Morgan fingerprint density at radius 2 is 0.711 bits per heavy atom. The van der Waals surface area contributed by atoms with Crippen LogP contribution in [0.2, 0.25) is 0 Å². The monoisotopic (exact) mass is 570 g/mol. The van der Waals surface area contributed by atoms with E-state index in [1.807, 2.05) is 0 Å². The lowest BCUT2D eigenvalue weighted by Gasteiger charge is -2.10. The van der Waals surface area contributed by atoms with Crippen LogP contribution in [0.15, 0.2) is 15.3 Å². The van der Waals surface area contributed by atoms with Gasteiger partial charge in [0.25, 0.3) is 0 Å². The Bertz CT molecular complexity index is 1460. The Labute approximate surface area is 197 Å². The van der Waals surface area contributed by atoms with Crippen LogP contribution in [0.4, 0.5) is 77.2 Å². The van der Waals surface area contributed by atoms with E-state index in [2.05, 4.69) is 15.3 Å². The molecule has 0 amide bonds. The number of hydrogen-bond acceptors (Lipinski definition) is 3. The van der Waals surface area contributed by atoms with E-state index in [9.17, 15) is 65.9 Å². The lowest BCUT2D eigenvalue weighted by atomic mass is 10.1. The van der Waals surface area contributed by atoms with Crippen LogP contribution in [0.5, 0.6) is 0 Å². The highest BCUT2D eigenvalue weighted by atomic mass is 19.2. The predicted octanol–water partition coefficient (Wildman–Crippen LogP) is 7.33. The first kappa shape index (κ1) is 28.3. The first-order chi connectivity index (χ1) is 17.6. The van der Waals surface area contributed by atoms with Gasteiger partial charge in [-0.3, -0.25) is 5.43 Å². The minimum Gasteiger partial charge on any atom is -0.270 e. The summed E-state index contributed by atoms with van der Waals surface area (Å²) in [6.07, 6.45) is 0. The van der Waals surface area contributed by atoms with Crippen LogP contribution in [0.25, 0.3) is 0 Å². The summed E-state index contributed by atoms with van der Waals surface area (Å²) in [5, 5.41) is 7.50. The van der Waals surface area contributed by atoms with Crippen LogP contribution in [0.3, 0.4) is 0 Å². The number of anilines is 1. The van der Waals surface area contributed by atoms with E-state index < -0.39 is 110 Å². The van der Waals surface area contributed by atoms with E-state index in [0.29, 0.717) is 0 Å². The number of azo groups is 1. The lowest BCUT2D eigenvalue weighted by Crippen LogP contribution is -2.14. The maximum absolute atomic E-state index is 14.2. The molecule has 3 rings (SSSR count). The summed E-state index contributed by atoms with van der Waals surface area (Å²) in [7, 11) is 0. The Kier molecular flexibility index (Phi) is 7.59. The fourth-order valence-corrected chi connectivity index (χ4v) is 2.52. The van der Waals surface area contributed by atoms with E-state index in [1.165, 1.54) is 0 Å². The van der Waals surface area contributed by atoms with Crippen molar-refractivity contribution >= 4 is 17.2 Å². The second-order valence-electron chi connectivity index (χ2n) is 6.56. The highest BCUT2D eigenvalue weighted by Gasteiger charge is 2.31. The summed E-state index contributed by atoms with van der Waals surface area (Å²) in [5.74, 6) is -42.8. The third kappa shape index (κ3) is 4.47. The molecule has 0 radical (unpaired) electrons. The molecular weight excluding hydrogens is 569 g/mol. The second-order valence-corrected chi connectivity index (χ2v) is 6.56. The highest BCUT2D eigenvalue weighted by molar-refractivity contribution is 6.00. The maximum Gasteiger partial charge on any atom is 0.207 e. The fourth-order valence-electron chi connectivity index (χ4n) is 2.52. The van der Waals surface area contributed by atoms with Gasteiger partial charge in [0, 0.05) is 0 Å². The van der Waals surface area contributed by atoms with Gasteiger partial charge in [0.05, 0.1) is 0 Å². The molecule has 3 aromatic rings. The van der Waals surface area contributed by atoms with Crippen molar-refractivity contribution in [3.8, 4) is 0 Å². The molecule has 0 atom stereocenters. The van der Waals surface area contributed by atoms with Crippen molar-refractivity contribution in [2.75, 3.05) is 5.43 Å². The molecule has 0 saturated carbocycles. The topological polar surface area (TPSA) is 49.1 Å². The molecule has 4 nitrogen and oxygen atoms in total. The Hall–Kier alpha value is -4.32. The first-order valence-electron chi connectivity index (χ1n) is 8.93. The number of halogens is 15. The molecule has 0 aliphatic heterocycles. The summed E-state index contributed by atoms with van der Waals surface area (Å²) in [4.78, 5) is 0. The van der Waals surface area contributed by atoms with Crippen LogP contribution < -0.4 is 5.43 Å².